The first-order chi connectivity index (χ1) is 29.0. The number of aromatic nitrogens is 5. The van der Waals surface area contributed by atoms with Crippen molar-refractivity contribution >= 4 is 68.4 Å². The lowest BCUT2D eigenvalue weighted by molar-refractivity contribution is -0.134. The Hall–Kier alpha value is -5.35. The molecule has 1 unspecified atom stereocenters. The van der Waals surface area contributed by atoms with Gasteiger partial charge in [0, 0.05) is 49.6 Å². The highest BCUT2D eigenvalue weighted by Crippen LogP contribution is 2.46. The quantitative estimate of drug-likeness (QED) is 0.127. The van der Waals surface area contributed by atoms with Gasteiger partial charge >= 0.3 is 5.92 Å². The van der Waals surface area contributed by atoms with Crippen LogP contribution in [-0.2, 0) is 16.6 Å². The molecule has 0 bridgehead atoms. The number of nitrogens with one attached hydrogen (secondary N) is 4. The number of benzene rings is 2. The number of imide groups is 1. The van der Waals surface area contributed by atoms with E-state index >= 15 is 8.78 Å². The molecule has 1 aliphatic carbocycles. The predicted molar refractivity (Wildman–Crippen MR) is 225 cm³/mol. The molecule has 17 heteroatoms. The molecule has 60 heavy (non-hydrogen) atoms. The van der Waals surface area contributed by atoms with E-state index in [1.54, 1.807) is 19.3 Å². The third kappa shape index (κ3) is 7.31. The topological polar surface area (TPSA) is 162 Å². The number of aryl methyl sites for hydroxylation is 1. The zero-order chi connectivity index (χ0) is 41.3. The number of carbonyl (C=O) groups excluding carboxylic acids is 2. The lowest BCUT2D eigenvalue weighted by Crippen LogP contribution is -2.44. The summed E-state index contributed by atoms with van der Waals surface area (Å²) in [4.78, 5) is 51.5. The fraction of sp³-hybridized carbons (Fsp3) is 0.488. The van der Waals surface area contributed by atoms with Gasteiger partial charge in [0.2, 0.25) is 23.5 Å². The number of fused-ring (bicyclic) bond motifs is 4. The summed E-state index contributed by atoms with van der Waals surface area (Å²) in [6.07, 6.45) is 7.99. The number of alkyl halides is 2. The van der Waals surface area contributed by atoms with Crippen molar-refractivity contribution < 1.29 is 23.1 Å². The Morgan fingerprint density at radius 3 is 2.53 bits per heavy atom. The van der Waals surface area contributed by atoms with Crippen LogP contribution in [0.5, 0.6) is 5.75 Å². The van der Waals surface area contributed by atoms with E-state index in [9.17, 15) is 14.4 Å². The maximum absolute atomic E-state index is 15.1. The molecular weight excluding hydrogens is 794 g/mol. The molecule has 5 aliphatic rings. The van der Waals surface area contributed by atoms with Crippen LogP contribution in [0.15, 0.2) is 47.4 Å². The van der Waals surface area contributed by atoms with Gasteiger partial charge in [-0.3, -0.25) is 24.8 Å². The molecule has 2 aromatic carbocycles. The van der Waals surface area contributed by atoms with Gasteiger partial charge in [0.1, 0.15) is 5.02 Å². The molecule has 2 amide bonds. The van der Waals surface area contributed by atoms with E-state index in [1.165, 1.54) is 10.1 Å². The Morgan fingerprint density at radius 1 is 0.967 bits per heavy atom. The van der Waals surface area contributed by atoms with Crippen LogP contribution in [0.3, 0.4) is 0 Å². The molecule has 14 nitrogen and oxygen atoms in total. The molecule has 0 spiro atoms. The van der Waals surface area contributed by atoms with Crippen LogP contribution in [0.4, 0.5) is 31.9 Å². The van der Waals surface area contributed by atoms with E-state index in [4.69, 9.17) is 21.3 Å². The molecule has 4 aliphatic heterocycles. The van der Waals surface area contributed by atoms with Crippen molar-refractivity contribution in [3.05, 3.63) is 69.2 Å². The van der Waals surface area contributed by atoms with Crippen molar-refractivity contribution in [2.24, 2.45) is 18.9 Å². The summed E-state index contributed by atoms with van der Waals surface area (Å²) in [5, 5.41) is 18.3. The van der Waals surface area contributed by atoms with Gasteiger partial charge in [0.05, 0.1) is 40.6 Å². The fourth-order valence-corrected chi connectivity index (χ4v) is 9.82. The molecule has 7 heterocycles. The molecule has 4 N–H and O–H groups in total. The lowest BCUT2D eigenvalue weighted by atomic mass is 9.87. The second-order valence-corrected chi connectivity index (χ2v) is 17.6. The van der Waals surface area contributed by atoms with E-state index in [1.807, 2.05) is 12.1 Å². The smallest absolute Gasteiger partial charge is 0.301 e. The minimum Gasteiger partial charge on any atom is -0.480 e. The van der Waals surface area contributed by atoms with Gasteiger partial charge in [-0.15, -0.1) is 0 Å². The molecule has 2 atom stereocenters. The van der Waals surface area contributed by atoms with Crippen LogP contribution in [0.2, 0.25) is 5.02 Å². The summed E-state index contributed by atoms with van der Waals surface area (Å²) in [5.74, 6) is -2.30. The third-order valence-corrected chi connectivity index (χ3v) is 13.5. The molecule has 1 saturated carbocycles. The highest BCUT2D eigenvalue weighted by molar-refractivity contribution is 6.33. The normalized spacial score (nSPS) is 22.9. The first-order valence-electron chi connectivity index (χ1n) is 21.0. The minimum absolute atomic E-state index is 0.103. The van der Waals surface area contributed by atoms with Crippen LogP contribution in [0.25, 0.3) is 21.8 Å². The van der Waals surface area contributed by atoms with Crippen LogP contribution in [-0.4, -0.2) is 92.7 Å². The van der Waals surface area contributed by atoms with Gasteiger partial charge in [0.15, 0.2) is 12.4 Å². The number of amides is 2. The number of halogens is 3. The Bertz CT molecular complexity index is 2560. The Labute approximate surface area is 349 Å². The second kappa shape index (κ2) is 15.3. The van der Waals surface area contributed by atoms with Gasteiger partial charge in [-0.05, 0) is 106 Å². The minimum atomic E-state index is -3.13. The number of pyridine rings is 1. The number of hydrogen-bond acceptors (Lipinski definition) is 11. The largest absolute Gasteiger partial charge is 0.480 e. The van der Waals surface area contributed by atoms with Crippen LogP contribution in [0.1, 0.15) is 74.5 Å². The number of rotatable bonds is 8. The molecular formula is C43H47ClF2N10O4. The molecule has 3 saturated heterocycles. The number of ether oxygens (including phenoxy) is 1. The van der Waals surface area contributed by atoms with Crippen LogP contribution >= 0.6 is 11.6 Å². The van der Waals surface area contributed by atoms with Crippen molar-refractivity contribution in [3.63, 3.8) is 0 Å². The first-order valence-corrected chi connectivity index (χ1v) is 21.4. The third-order valence-electron chi connectivity index (χ3n) is 13.3. The SMILES string of the molecule is Cn1c(=O)c2c(c3cc(Nc4nc(N5CCC(CN6CCC(c7ccc8c(C9CCC(=O)NC9=O)n[nH]c8c7)CC6)CC5)ncc4Cl)ccc31)N[C@@H](C1CC1)C(F)(F)CO2. The van der Waals surface area contributed by atoms with Gasteiger partial charge in [-0.25, -0.2) is 13.8 Å². The Balaban J connectivity index is 0.759. The number of hydrogen-bond donors (Lipinski definition) is 4. The van der Waals surface area contributed by atoms with Crippen molar-refractivity contribution in [2.75, 3.05) is 54.9 Å². The van der Waals surface area contributed by atoms with Crippen molar-refractivity contribution in [1.29, 1.82) is 0 Å². The number of nitrogens with zero attached hydrogens (tertiary/aromatic N) is 6. The number of aromatic amines is 1. The van der Waals surface area contributed by atoms with Gasteiger partial charge < -0.3 is 29.7 Å². The standard InChI is InChI=1S/C43H47ClF2N10O4/c1-54-33-8-5-27(19-30(33)36-37(41(54)59)60-22-43(45,46)38(50-36)25-2-3-25)48-39-31(44)20-47-42(51-39)56-16-10-23(11-17-56)21-55-14-12-24(13-15-55)26-4-6-28-32(18-26)52-53-35(28)29-7-9-34(57)49-40(29)58/h4-6,8,18-20,23-25,29,38,50H,2-3,7,9-17,21-22H2,1H3,(H,52,53)(H,47,48,51)(H,49,57,58)/t29?,38-/m0/s1. The fourth-order valence-electron chi connectivity index (χ4n) is 9.68. The number of carbonyl (C=O) groups is 2. The summed E-state index contributed by atoms with van der Waals surface area (Å²) < 4.78 is 37.2. The Kier molecular flexibility index (Phi) is 9.89. The maximum Gasteiger partial charge on any atom is 0.301 e. The number of likely N-dealkylation sites (tertiary alicyclic amines) is 1. The summed E-state index contributed by atoms with van der Waals surface area (Å²) in [6, 6.07) is 10.7. The molecule has 10 rings (SSSR count). The highest BCUT2D eigenvalue weighted by Gasteiger charge is 2.51. The van der Waals surface area contributed by atoms with Crippen molar-refractivity contribution in [2.45, 2.75) is 75.2 Å². The van der Waals surface area contributed by atoms with E-state index < -0.39 is 30.0 Å². The molecule has 0 radical (unpaired) electrons. The van der Waals surface area contributed by atoms with Crippen LogP contribution in [0, 0.1) is 11.8 Å². The lowest BCUT2D eigenvalue weighted by Gasteiger charge is -2.38. The highest BCUT2D eigenvalue weighted by atomic mass is 35.5. The monoisotopic (exact) mass is 840 g/mol. The van der Waals surface area contributed by atoms with E-state index in [0.29, 0.717) is 76.6 Å². The molecule has 4 fully saturated rings. The summed E-state index contributed by atoms with van der Waals surface area (Å²) in [6.45, 7) is 3.91. The van der Waals surface area contributed by atoms with Crippen molar-refractivity contribution in [3.8, 4) is 5.75 Å². The summed E-state index contributed by atoms with van der Waals surface area (Å²) in [7, 11) is 1.61. The zero-order valence-electron chi connectivity index (χ0n) is 33.3. The van der Waals surface area contributed by atoms with Crippen LogP contribution < -0.4 is 31.1 Å². The van der Waals surface area contributed by atoms with Crippen molar-refractivity contribution in [1.82, 2.24) is 34.9 Å². The molecule has 3 aromatic heterocycles. The predicted octanol–water partition coefficient (Wildman–Crippen LogP) is 6.44. The second-order valence-electron chi connectivity index (χ2n) is 17.2. The summed E-state index contributed by atoms with van der Waals surface area (Å²) in [5.41, 5.74) is 3.94. The molecule has 5 aromatic rings. The average molecular weight is 841 g/mol. The number of anilines is 4. The van der Waals surface area contributed by atoms with E-state index in [2.05, 4.69) is 59.1 Å². The summed E-state index contributed by atoms with van der Waals surface area (Å²) >= 11 is 6.62. The van der Waals surface area contributed by atoms with Gasteiger partial charge in [-0.2, -0.15) is 10.1 Å². The van der Waals surface area contributed by atoms with Gasteiger partial charge in [-0.1, -0.05) is 23.7 Å². The van der Waals surface area contributed by atoms with E-state index in [0.717, 1.165) is 69.3 Å². The van der Waals surface area contributed by atoms with E-state index in [-0.39, 0.29) is 29.2 Å². The first kappa shape index (κ1) is 38.8. The molecule has 314 valence electrons. The maximum atomic E-state index is 15.1. The number of piperidine rings is 3. The Morgan fingerprint density at radius 2 is 1.77 bits per heavy atom. The average Bonchev–Trinajstić information content (AvgIpc) is 4.02. The number of H-pyrrole nitrogens is 1. The van der Waals surface area contributed by atoms with Gasteiger partial charge in [0.25, 0.3) is 5.56 Å². The zero-order valence-corrected chi connectivity index (χ0v) is 34.0.